The lowest BCUT2D eigenvalue weighted by Gasteiger charge is -2.21. The number of Topliss-reactive ketones (excluding diaryl/α,β-unsaturated/α-hetero) is 1. The number of carbonyl (C=O) groups is 3. The molecule has 1 N–H and O–H groups in total. The van der Waals surface area contributed by atoms with Crippen LogP contribution in [0, 0.1) is 0 Å². The van der Waals surface area contributed by atoms with Crippen molar-refractivity contribution in [2.75, 3.05) is 16.8 Å². The molecule has 2 amide bonds. The predicted molar refractivity (Wildman–Crippen MR) is 104 cm³/mol. The number of hydrogen-bond donors (Lipinski definition) is 1. The monoisotopic (exact) mass is 392 g/mol. The molecule has 0 saturated heterocycles. The van der Waals surface area contributed by atoms with Crippen LogP contribution in [-0.4, -0.2) is 24.1 Å². The van der Waals surface area contributed by atoms with E-state index in [1.165, 1.54) is 18.7 Å². The van der Waals surface area contributed by atoms with Gasteiger partial charge < -0.3 is 10.2 Å². The molecule has 0 aromatic heterocycles. The van der Waals surface area contributed by atoms with E-state index >= 15 is 0 Å². The van der Waals surface area contributed by atoms with Crippen molar-refractivity contribution >= 4 is 52.2 Å². The molecular weight excluding hydrogens is 375 g/mol. The molecule has 136 valence electrons. The van der Waals surface area contributed by atoms with Gasteiger partial charge in [0.25, 0.3) is 0 Å². The van der Waals surface area contributed by atoms with E-state index < -0.39 is 0 Å². The lowest BCUT2D eigenvalue weighted by molar-refractivity contribution is -0.117. The van der Waals surface area contributed by atoms with Crippen LogP contribution < -0.4 is 10.2 Å². The van der Waals surface area contributed by atoms with Crippen molar-refractivity contribution in [1.29, 1.82) is 0 Å². The molecule has 5 nitrogen and oxygen atoms in total. The molecule has 2 rings (SSSR count). The second-order valence-corrected chi connectivity index (χ2v) is 6.52. The first-order valence-electron chi connectivity index (χ1n) is 7.92. The molecule has 0 aliphatic heterocycles. The molecular formula is C19H18Cl2N2O3. The van der Waals surface area contributed by atoms with Crippen molar-refractivity contribution in [1.82, 2.24) is 0 Å². The van der Waals surface area contributed by atoms with Crippen LogP contribution in [0.1, 0.15) is 30.6 Å². The second kappa shape index (κ2) is 8.83. The minimum atomic E-state index is -0.255. The van der Waals surface area contributed by atoms with Gasteiger partial charge in [-0.2, -0.15) is 0 Å². The molecule has 0 aliphatic rings. The maximum absolute atomic E-state index is 12.1. The largest absolute Gasteiger partial charge is 0.326 e. The first kappa shape index (κ1) is 19.9. The molecule has 2 aromatic carbocycles. The van der Waals surface area contributed by atoms with Gasteiger partial charge in [0.1, 0.15) is 0 Å². The minimum absolute atomic E-state index is 0.0491. The number of nitrogens with one attached hydrogen (secondary N) is 1. The minimum Gasteiger partial charge on any atom is -0.326 e. The zero-order valence-electron chi connectivity index (χ0n) is 14.4. The molecule has 0 unspecified atom stereocenters. The molecule has 0 radical (unpaired) electrons. The van der Waals surface area contributed by atoms with E-state index in [4.69, 9.17) is 23.2 Å². The van der Waals surface area contributed by atoms with E-state index in [0.717, 1.165) is 0 Å². The van der Waals surface area contributed by atoms with Crippen LogP contribution in [-0.2, 0) is 9.59 Å². The topological polar surface area (TPSA) is 66.5 Å². The van der Waals surface area contributed by atoms with Crippen molar-refractivity contribution in [3.8, 4) is 0 Å². The van der Waals surface area contributed by atoms with Gasteiger partial charge in [0.15, 0.2) is 5.78 Å². The highest BCUT2D eigenvalue weighted by atomic mass is 35.5. The Bertz CT molecular complexity index is 835. The molecule has 0 bridgehead atoms. The van der Waals surface area contributed by atoms with Crippen LogP contribution in [0.15, 0.2) is 42.5 Å². The van der Waals surface area contributed by atoms with Crippen LogP contribution in [0.2, 0.25) is 10.0 Å². The van der Waals surface area contributed by atoms with Crippen molar-refractivity contribution in [3.05, 3.63) is 58.1 Å². The van der Waals surface area contributed by atoms with E-state index in [1.54, 1.807) is 42.5 Å². The quantitative estimate of drug-likeness (QED) is 0.731. The van der Waals surface area contributed by atoms with Crippen LogP contribution in [0.3, 0.4) is 0 Å². The highest BCUT2D eigenvalue weighted by Crippen LogP contribution is 2.25. The normalized spacial score (nSPS) is 10.3. The molecule has 0 spiro atoms. The van der Waals surface area contributed by atoms with Crippen molar-refractivity contribution in [3.63, 3.8) is 0 Å². The fraction of sp³-hybridized carbons (Fsp3) is 0.211. The van der Waals surface area contributed by atoms with Crippen molar-refractivity contribution in [2.45, 2.75) is 20.3 Å². The maximum Gasteiger partial charge on any atom is 0.226 e. The Morgan fingerprint density at radius 1 is 0.962 bits per heavy atom. The standard InChI is InChI=1S/C19H18Cl2N2O3/c1-12(24)14-3-6-16(7-4-14)23(13(2)25)10-9-19(26)22-15-5-8-17(20)18(21)11-15/h3-8,11H,9-10H2,1-2H3,(H,22,26). The number of rotatable bonds is 6. The van der Waals surface area contributed by atoms with Gasteiger partial charge >= 0.3 is 0 Å². The van der Waals surface area contributed by atoms with E-state index in [0.29, 0.717) is 27.0 Å². The van der Waals surface area contributed by atoms with Crippen molar-refractivity contribution in [2.24, 2.45) is 0 Å². The van der Waals surface area contributed by atoms with Crippen molar-refractivity contribution < 1.29 is 14.4 Å². The summed E-state index contributed by atoms with van der Waals surface area (Å²) < 4.78 is 0. The summed E-state index contributed by atoms with van der Waals surface area (Å²) in [7, 11) is 0. The summed E-state index contributed by atoms with van der Waals surface area (Å²) in [5, 5.41) is 3.47. The highest BCUT2D eigenvalue weighted by molar-refractivity contribution is 6.42. The molecule has 0 atom stereocenters. The molecule has 0 saturated carbocycles. The van der Waals surface area contributed by atoms with Gasteiger partial charge in [0.05, 0.1) is 10.0 Å². The summed E-state index contributed by atoms with van der Waals surface area (Å²) in [6.45, 7) is 3.11. The van der Waals surface area contributed by atoms with E-state index in [9.17, 15) is 14.4 Å². The Hall–Kier alpha value is -2.37. The number of ketones is 1. The summed E-state index contributed by atoms with van der Waals surface area (Å²) >= 11 is 11.8. The zero-order valence-corrected chi connectivity index (χ0v) is 15.9. The summed E-state index contributed by atoms with van der Waals surface area (Å²) in [6, 6.07) is 11.5. The number of benzene rings is 2. The summed E-state index contributed by atoms with van der Waals surface area (Å²) in [5.74, 6) is -0.496. The maximum atomic E-state index is 12.1. The Balaban J connectivity index is 2.01. The highest BCUT2D eigenvalue weighted by Gasteiger charge is 2.14. The fourth-order valence-corrected chi connectivity index (χ4v) is 2.65. The molecule has 0 heterocycles. The summed E-state index contributed by atoms with van der Waals surface area (Å²) in [5.41, 5.74) is 1.73. The first-order valence-corrected chi connectivity index (χ1v) is 8.67. The molecule has 7 heteroatoms. The Morgan fingerprint density at radius 2 is 1.62 bits per heavy atom. The molecule has 26 heavy (non-hydrogen) atoms. The van der Waals surface area contributed by atoms with E-state index in [2.05, 4.69) is 5.32 Å². The van der Waals surface area contributed by atoms with Gasteiger partial charge in [-0.3, -0.25) is 14.4 Å². The van der Waals surface area contributed by atoms with Gasteiger partial charge in [-0.05, 0) is 49.4 Å². The fourth-order valence-electron chi connectivity index (χ4n) is 2.36. The predicted octanol–water partition coefficient (Wildman–Crippen LogP) is 4.58. The van der Waals surface area contributed by atoms with Gasteiger partial charge in [0.2, 0.25) is 11.8 Å². The lowest BCUT2D eigenvalue weighted by atomic mass is 10.1. The van der Waals surface area contributed by atoms with Crippen LogP contribution >= 0.6 is 23.2 Å². The number of anilines is 2. The summed E-state index contributed by atoms with van der Waals surface area (Å²) in [4.78, 5) is 36.9. The van der Waals surface area contributed by atoms with Crippen LogP contribution in [0.5, 0.6) is 0 Å². The zero-order chi connectivity index (χ0) is 19.3. The van der Waals surface area contributed by atoms with Crippen LogP contribution in [0.4, 0.5) is 11.4 Å². The average Bonchev–Trinajstić information content (AvgIpc) is 2.58. The number of halogens is 2. The van der Waals surface area contributed by atoms with Crippen LogP contribution in [0.25, 0.3) is 0 Å². The first-order chi connectivity index (χ1) is 12.3. The molecule has 0 aliphatic carbocycles. The summed E-state index contributed by atoms with van der Waals surface area (Å²) in [6.07, 6.45) is 0.105. The third-order valence-corrected chi connectivity index (χ3v) is 4.47. The SMILES string of the molecule is CC(=O)c1ccc(N(CCC(=O)Nc2ccc(Cl)c(Cl)c2)C(C)=O)cc1. The third-order valence-electron chi connectivity index (χ3n) is 3.73. The van der Waals surface area contributed by atoms with Gasteiger partial charge in [-0.25, -0.2) is 0 Å². The Kier molecular flexibility index (Phi) is 6.77. The lowest BCUT2D eigenvalue weighted by Crippen LogP contribution is -2.32. The molecule has 2 aromatic rings. The van der Waals surface area contributed by atoms with E-state index in [-0.39, 0.29) is 30.6 Å². The van der Waals surface area contributed by atoms with E-state index in [1.807, 2.05) is 0 Å². The Labute approximate surface area is 161 Å². The van der Waals surface area contributed by atoms with Gasteiger partial charge in [-0.1, -0.05) is 23.2 Å². The number of nitrogens with zero attached hydrogens (tertiary/aromatic N) is 1. The number of hydrogen-bond acceptors (Lipinski definition) is 3. The Morgan fingerprint density at radius 3 is 2.15 bits per heavy atom. The number of amides is 2. The average molecular weight is 393 g/mol. The third kappa shape index (κ3) is 5.31. The number of carbonyl (C=O) groups excluding carboxylic acids is 3. The van der Waals surface area contributed by atoms with Gasteiger partial charge in [0, 0.05) is 36.8 Å². The van der Waals surface area contributed by atoms with Gasteiger partial charge in [-0.15, -0.1) is 0 Å². The smallest absolute Gasteiger partial charge is 0.226 e. The second-order valence-electron chi connectivity index (χ2n) is 5.70. The molecule has 0 fully saturated rings.